The summed E-state index contributed by atoms with van der Waals surface area (Å²) < 4.78 is 43.1. The third kappa shape index (κ3) is 3.63. The number of hydrogen-bond donors (Lipinski definition) is 2. The van der Waals surface area contributed by atoms with Crippen molar-refractivity contribution in [1.82, 2.24) is 4.98 Å². The van der Waals surface area contributed by atoms with Crippen molar-refractivity contribution in [3.05, 3.63) is 47.8 Å². The predicted molar refractivity (Wildman–Crippen MR) is 74.1 cm³/mol. The number of benzene rings is 1. The summed E-state index contributed by atoms with van der Waals surface area (Å²) in [7, 11) is 1.54. The Hall–Kier alpha value is -2.28. The van der Waals surface area contributed by atoms with Gasteiger partial charge in [0.05, 0.1) is 24.2 Å². The molecule has 0 unspecified atom stereocenters. The van der Waals surface area contributed by atoms with Gasteiger partial charge in [-0.2, -0.15) is 13.2 Å². The maximum Gasteiger partial charge on any atom is 0.433 e. The number of nitrogen functional groups attached to an aromatic ring is 1. The molecule has 0 saturated carbocycles. The van der Waals surface area contributed by atoms with Crippen molar-refractivity contribution in [2.75, 3.05) is 18.2 Å². The summed E-state index contributed by atoms with van der Waals surface area (Å²) in [6, 6.07) is 8.02. The summed E-state index contributed by atoms with van der Waals surface area (Å²) in [5, 5.41) is 2.89. The molecule has 0 saturated heterocycles. The highest BCUT2D eigenvalue weighted by atomic mass is 19.4. The standard InChI is InChI=1S/C14H14F3N3O/c1-21-8-9-4-2-3-5-11(9)20-12-6-13(14(15,16)17)19-7-10(12)18/h2-7H,8,18H2,1H3,(H,19,20). The molecule has 0 amide bonds. The molecule has 2 rings (SSSR count). The number of anilines is 3. The summed E-state index contributed by atoms with van der Waals surface area (Å²) in [6.45, 7) is 0.334. The highest BCUT2D eigenvalue weighted by molar-refractivity contribution is 5.73. The van der Waals surface area contributed by atoms with E-state index in [1.165, 1.54) is 0 Å². The molecule has 0 fully saturated rings. The lowest BCUT2D eigenvalue weighted by Gasteiger charge is -2.14. The number of nitrogens with zero attached hydrogens (tertiary/aromatic N) is 1. The molecule has 0 radical (unpaired) electrons. The summed E-state index contributed by atoms with van der Waals surface area (Å²) in [5.74, 6) is 0. The quantitative estimate of drug-likeness (QED) is 0.905. The van der Waals surface area contributed by atoms with Crippen molar-refractivity contribution < 1.29 is 17.9 Å². The van der Waals surface area contributed by atoms with E-state index >= 15 is 0 Å². The van der Waals surface area contributed by atoms with Crippen LogP contribution in [0.1, 0.15) is 11.3 Å². The van der Waals surface area contributed by atoms with Crippen molar-refractivity contribution in [1.29, 1.82) is 0 Å². The average Bonchev–Trinajstić information content (AvgIpc) is 2.42. The molecule has 4 nitrogen and oxygen atoms in total. The number of methoxy groups -OCH3 is 1. The molecule has 1 aromatic carbocycles. The molecular formula is C14H14F3N3O. The van der Waals surface area contributed by atoms with E-state index in [0.717, 1.165) is 17.8 Å². The monoisotopic (exact) mass is 297 g/mol. The normalized spacial score (nSPS) is 11.4. The first-order valence-corrected chi connectivity index (χ1v) is 6.08. The van der Waals surface area contributed by atoms with Gasteiger partial charge in [0.15, 0.2) is 0 Å². The molecule has 0 aliphatic heterocycles. The van der Waals surface area contributed by atoms with Gasteiger partial charge in [0.25, 0.3) is 0 Å². The van der Waals surface area contributed by atoms with Crippen molar-refractivity contribution >= 4 is 17.1 Å². The Balaban J connectivity index is 2.35. The number of halogens is 3. The number of nitrogens with two attached hydrogens (primary N) is 1. The van der Waals surface area contributed by atoms with Crippen molar-refractivity contribution in [2.24, 2.45) is 0 Å². The highest BCUT2D eigenvalue weighted by Crippen LogP contribution is 2.32. The van der Waals surface area contributed by atoms with E-state index in [-0.39, 0.29) is 11.4 Å². The first-order valence-electron chi connectivity index (χ1n) is 6.08. The second-order valence-electron chi connectivity index (χ2n) is 4.37. The Morgan fingerprint density at radius 1 is 1.24 bits per heavy atom. The molecule has 3 N–H and O–H groups in total. The van der Waals surface area contributed by atoms with Gasteiger partial charge in [-0.3, -0.25) is 0 Å². The number of rotatable bonds is 4. The molecular weight excluding hydrogens is 283 g/mol. The van der Waals surface area contributed by atoms with Crippen LogP contribution in [0.2, 0.25) is 0 Å². The maximum absolute atomic E-state index is 12.7. The van der Waals surface area contributed by atoms with Crippen LogP contribution in [-0.4, -0.2) is 12.1 Å². The van der Waals surface area contributed by atoms with Crippen molar-refractivity contribution in [3.8, 4) is 0 Å². The smallest absolute Gasteiger partial charge is 0.396 e. The average molecular weight is 297 g/mol. The van der Waals surface area contributed by atoms with E-state index in [0.29, 0.717) is 12.3 Å². The Morgan fingerprint density at radius 2 is 1.95 bits per heavy atom. The molecule has 0 bridgehead atoms. The fourth-order valence-electron chi connectivity index (χ4n) is 1.80. The molecule has 112 valence electrons. The van der Waals surface area contributed by atoms with Crippen LogP contribution in [-0.2, 0) is 17.5 Å². The SMILES string of the molecule is COCc1ccccc1Nc1cc(C(F)(F)F)ncc1N. The van der Waals surface area contributed by atoms with Crippen molar-refractivity contribution in [3.63, 3.8) is 0 Å². The van der Waals surface area contributed by atoms with Crippen molar-refractivity contribution in [2.45, 2.75) is 12.8 Å². The van der Waals surface area contributed by atoms with Crippen LogP contribution >= 0.6 is 0 Å². The fraction of sp³-hybridized carbons (Fsp3) is 0.214. The molecule has 0 aliphatic rings. The Morgan fingerprint density at radius 3 is 2.62 bits per heavy atom. The van der Waals surface area contributed by atoms with Gasteiger partial charge in [0, 0.05) is 18.4 Å². The van der Waals surface area contributed by atoms with Gasteiger partial charge in [-0.15, -0.1) is 0 Å². The van der Waals surface area contributed by atoms with E-state index in [1.807, 2.05) is 12.1 Å². The van der Waals surface area contributed by atoms with Crippen LogP contribution in [0.4, 0.5) is 30.2 Å². The minimum absolute atomic E-state index is 0.134. The Labute approximate surface area is 119 Å². The van der Waals surface area contributed by atoms with E-state index in [9.17, 15) is 13.2 Å². The van der Waals surface area contributed by atoms with Gasteiger partial charge >= 0.3 is 6.18 Å². The molecule has 0 aliphatic carbocycles. The second-order valence-corrected chi connectivity index (χ2v) is 4.37. The molecule has 0 spiro atoms. The number of para-hydroxylation sites is 1. The summed E-state index contributed by atoms with van der Waals surface area (Å²) in [4.78, 5) is 3.30. The number of nitrogens with one attached hydrogen (secondary N) is 1. The van der Waals surface area contributed by atoms with Gasteiger partial charge in [-0.1, -0.05) is 18.2 Å². The molecule has 1 heterocycles. The summed E-state index contributed by atoms with van der Waals surface area (Å²) in [6.07, 6.45) is -3.53. The second kappa shape index (κ2) is 6.01. The number of hydrogen-bond acceptors (Lipinski definition) is 4. The first-order chi connectivity index (χ1) is 9.91. The topological polar surface area (TPSA) is 60.2 Å². The first kappa shape index (κ1) is 15.1. The predicted octanol–water partition coefficient (Wildman–Crippen LogP) is 3.57. The Bertz CT molecular complexity index is 629. The zero-order valence-corrected chi connectivity index (χ0v) is 11.2. The van der Waals surface area contributed by atoms with Crippen LogP contribution in [0.3, 0.4) is 0 Å². The van der Waals surface area contributed by atoms with Crippen LogP contribution in [0.5, 0.6) is 0 Å². The summed E-state index contributed by atoms with van der Waals surface area (Å²) >= 11 is 0. The molecule has 0 atom stereocenters. The van der Waals surface area contributed by atoms with Gasteiger partial charge in [0.2, 0.25) is 0 Å². The van der Waals surface area contributed by atoms with Gasteiger partial charge in [-0.05, 0) is 12.1 Å². The highest BCUT2D eigenvalue weighted by Gasteiger charge is 2.33. The summed E-state index contributed by atoms with van der Waals surface area (Å²) in [5.41, 5.74) is 6.41. The number of ether oxygens (including phenoxy) is 1. The van der Waals surface area contributed by atoms with Crippen LogP contribution < -0.4 is 11.1 Å². The number of aromatic nitrogens is 1. The lowest BCUT2D eigenvalue weighted by molar-refractivity contribution is -0.141. The third-order valence-electron chi connectivity index (χ3n) is 2.81. The van der Waals surface area contributed by atoms with Crippen LogP contribution in [0, 0.1) is 0 Å². The number of pyridine rings is 1. The molecule has 21 heavy (non-hydrogen) atoms. The Kier molecular flexibility index (Phi) is 4.32. The van der Waals surface area contributed by atoms with E-state index in [2.05, 4.69) is 10.3 Å². The fourth-order valence-corrected chi connectivity index (χ4v) is 1.80. The van der Waals surface area contributed by atoms with Gasteiger partial charge < -0.3 is 15.8 Å². The van der Waals surface area contributed by atoms with Crippen LogP contribution in [0.25, 0.3) is 0 Å². The lowest BCUT2D eigenvalue weighted by atomic mass is 10.1. The van der Waals surface area contributed by atoms with Gasteiger partial charge in [0.1, 0.15) is 5.69 Å². The largest absolute Gasteiger partial charge is 0.433 e. The van der Waals surface area contributed by atoms with Gasteiger partial charge in [-0.25, -0.2) is 4.98 Å². The zero-order chi connectivity index (χ0) is 15.5. The third-order valence-corrected chi connectivity index (χ3v) is 2.81. The molecule has 7 heteroatoms. The number of alkyl halides is 3. The zero-order valence-electron chi connectivity index (χ0n) is 11.2. The lowest BCUT2D eigenvalue weighted by Crippen LogP contribution is -2.10. The molecule has 2 aromatic rings. The van der Waals surface area contributed by atoms with E-state index < -0.39 is 11.9 Å². The minimum Gasteiger partial charge on any atom is -0.396 e. The van der Waals surface area contributed by atoms with E-state index in [4.69, 9.17) is 10.5 Å². The van der Waals surface area contributed by atoms with E-state index in [1.54, 1.807) is 19.2 Å². The van der Waals surface area contributed by atoms with Crippen LogP contribution in [0.15, 0.2) is 36.5 Å². The maximum atomic E-state index is 12.7. The molecule has 1 aromatic heterocycles. The minimum atomic E-state index is -4.52.